The molecular weight excluding hydrogens is 357 g/mol. The third-order valence-corrected chi connectivity index (χ3v) is 5.01. The Hall–Kier alpha value is -2.86. The van der Waals surface area contributed by atoms with Crippen LogP contribution in [0.1, 0.15) is 18.4 Å². The highest BCUT2D eigenvalue weighted by Crippen LogP contribution is 2.26. The number of hydrogen-bond acceptors (Lipinski definition) is 4. The van der Waals surface area contributed by atoms with E-state index in [0.29, 0.717) is 25.1 Å². The maximum Gasteiger partial charge on any atom is 0.198 e. The molecule has 1 aromatic heterocycles. The normalized spacial score (nSPS) is 17.7. The van der Waals surface area contributed by atoms with Crippen molar-refractivity contribution in [3.63, 3.8) is 0 Å². The number of halogens is 1. The van der Waals surface area contributed by atoms with Gasteiger partial charge in [-0.1, -0.05) is 18.2 Å². The van der Waals surface area contributed by atoms with Crippen LogP contribution in [0.2, 0.25) is 0 Å². The molecule has 2 N–H and O–H groups in total. The van der Waals surface area contributed by atoms with Gasteiger partial charge in [0.2, 0.25) is 0 Å². The van der Waals surface area contributed by atoms with Crippen molar-refractivity contribution in [2.24, 2.45) is 4.99 Å². The van der Waals surface area contributed by atoms with Crippen molar-refractivity contribution in [1.29, 1.82) is 0 Å². The highest BCUT2D eigenvalue weighted by atomic mass is 19.1. The highest BCUT2D eigenvalue weighted by Gasteiger charge is 2.20. The second-order valence-electron chi connectivity index (χ2n) is 7.07. The van der Waals surface area contributed by atoms with Crippen LogP contribution in [0, 0.1) is 0 Å². The van der Waals surface area contributed by atoms with Crippen LogP contribution in [0.15, 0.2) is 53.5 Å². The number of nitrogens with one attached hydrogen (secondary N) is 1. The summed E-state index contributed by atoms with van der Waals surface area (Å²) in [6, 6.07) is 15.2. The minimum Gasteiger partial charge on any atom is -0.494 e. The van der Waals surface area contributed by atoms with E-state index in [1.54, 1.807) is 6.21 Å². The second kappa shape index (κ2) is 8.44. The Bertz CT molecular complexity index is 952. The van der Waals surface area contributed by atoms with E-state index < -0.39 is 6.17 Å². The van der Waals surface area contributed by atoms with Crippen LogP contribution in [-0.4, -0.2) is 53.6 Å². The molecular formula is C22H24FN3O2. The SMILES string of the molecule is Oc1[nH]c2ccccc2c1C=Nc1ccc(OCCCN2CCC(F)C2)cc1. The van der Waals surface area contributed by atoms with Crippen molar-refractivity contribution in [2.45, 2.75) is 19.0 Å². The summed E-state index contributed by atoms with van der Waals surface area (Å²) in [5.74, 6) is 0.903. The predicted octanol–water partition coefficient (Wildman–Crippen LogP) is 4.44. The van der Waals surface area contributed by atoms with Gasteiger partial charge in [-0.2, -0.15) is 0 Å². The first kappa shape index (κ1) is 18.5. The second-order valence-corrected chi connectivity index (χ2v) is 7.07. The van der Waals surface area contributed by atoms with Crippen LogP contribution < -0.4 is 4.74 Å². The van der Waals surface area contributed by atoms with Crippen LogP contribution in [-0.2, 0) is 0 Å². The first-order valence-electron chi connectivity index (χ1n) is 9.62. The molecule has 5 nitrogen and oxygen atoms in total. The number of rotatable bonds is 7. The van der Waals surface area contributed by atoms with Crippen molar-refractivity contribution >= 4 is 22.8 Å². The molecule has 0 saturated carbocycles. The zero-order chi connectivity index (χ0) is 19.3. The summed E-state index contributed by atoms with van der Waals surface area (Å²) in [4.78, 5) is 9.54. The van der Waals surface area contributed by atoms with E-state index in [1.807, 2.05) is 48.5 Å². The lowest BCUT2D eigenvalue weighted by molar-refractivity contribution is 0.248. The van der Waals surface area contributed by atoms with Gasteiger partial charge < -0.3 is 19.7 Å². The zero-order valence-corrected chi connectivity index (χ0v) is 15.6. The summed E-state index contributed by atoms with van der Waals surface area (Å²) in [5, 5.41) is 11.0. The molecule has 146 valence electrons. The molecule has 1 aliphatic heterocycles. The van der Waals surface area contributed by atoms with Gasteiger partial charge in [0.15, 0.2) is 5.88 Å². The number of H-pyrrole nitrogens is 1. The quantitative estimate of drug-likeness (QED) is 0.470. The Labute approximate surface area is 163 Å². The summed E-state index contributed by atoms with van der Waals surface area (Å²) in [6.45, 7) is 2.88. The number of para-hydroxylation sites is 1. The lowest BCUT2D eigenvalue weighted by Gasteiger charge is -2.14. The fourth-order valence-corrected chi connectivity index (χ4v) is 3.51. The summed E-state index contributed by atoms with van der Waals surface area (Å²) in [6.07, 6.45) is 2.53. The van der Waals surface area contributed by atoms with Crippen molar-refractivity contribution in [2.75, 3.05) is 26.2 Å². The summed E-state index contributed by atoms with van der Waals surface area (Å²) >= 11 is 0. The molecule has 28 heavy (non-hydrogen) atoms. The largest absolute Gasteiger partial charge is 0.494 e. The number of alkyl halides is 1. The first-order chi connectivity index (χ1) is 13.7. The summed E-state index contributed by atoms with van der Waals surface area (Å²) in [5.41, 5.74) is 2.33. The molecule has 4 rings (SSSR count). The van der Waals surface area contributed by atoms with Gasteiger partial charge in [-0.25, -0.2) is 4.39 Å². The molecule has 0 bridgehead atoms. The van der Waals surface area contributed by atoms with E-state index in [1.165, 1.54) is 0 Å². The van der Waals surface area contributed by atoms with Gasteiger partial charge in [-0.3, -0.25) is 4.99 Å². The molecule has 1 unspecified atom stereocenters. The average Bonchev–Trinajstić information content (AvgIpc) is 3.26. The fraction of sp³-hybridized carbons (Fsp3) is 0.318. The fourth-order valence-electron chi connectivity index (χ4n) is 3.51. The van der Waals surface area contributed by atoms with Gasteiger partial charge in [-0.15, -0.1) is 0 Å². The van der Waals surface area contributed by atoms with Gasteiger partial charge in [0.05, 0.1) is 17.9 Å². The van der Waals surface area contributed by atoms with Crippen LogP contribution in [0.3, 0.4) is 0 Å². The van der Waals surface area contributed by atoms with Crippen molar-refractivity contribution in [1.82, 2.24) is 9.88 Å². The lowest BCUT2D eigenvalue weighted by Crippen LogP contribution is -2.23. The minimum absolute atomic E-state index is 0.113. The molecule has 1 atom stereocenters. The van der Waals surface area contributed by atoms with Gasteiger partial charge >= 0.3 is 0 Å². The van der Waals surface area contributed by atoms with Crippen LogP contribution >= 0.6 is 0 Å². The topological polar surface area (TPSA) is 60.9 Å². The maximum atomic E-state index is 13.1. The van der Waals surface area contributed by atoms with Gasteiger partial charge in [0, 0.05) is 36.8 Å². The summed E-state index contributed by atoms with van der Waals surface area (Å²) in [7, 11) is 0. The van der Waals surface area contributed by atoms with Gasteiger partial charge in [-0.05, 0) is 43.2 Å². The van der Waals surface area contributed by atoms with E-state index in [-0.39, 0.29) is 5.88 Å². The Morgan fingerprint density at radius 2 is 2.04 bits per heavy atom. The third kappa shape index (κ3) is 4.34. The number of aromatic hydroxyl groups is 1. The third-order valence-electron chi connectivity index (χ3n) is 5.01. The minimum atomic E-state index is -0.666. The van der Waals surface area contributed by atoms with E-state index in [9.17, 15) is 9.50 Å². The first-order valence-corrected chi connectivity index (χ1v) is 9.62. The molecule has 3 aromatic rings. The Morgan fingerprint density at radius 1 is 1.21 bits per heavy atom. The van der Waals surface area contributed by atoms with Crippen molar-refractivity contribution < 1.29 is 14.2 Å². The highest BCUT2D eigenvalue weighted by molar-refractivity contribution is 6.02. The number of aromatic amines is 1. The molecule has 2 heterocycles. The number of fused-ring (bicyclic) bond motifs is 1. The number of ether oxygens (including phenoxy) is 1. The van der Waals surface area contributed by atoms with E-state index >= 15 is 0 Å². The van der Waals surface area contributed by atoms with Crippen molar-refractivity contribution in [3.05, 3.63) is 54.1 Å². The molecule has 0 radical (unpaired) electrons. The lowest BCUT2D eigenvalue weighted by atomic mass is 10.2. The number of aromatic nitrogens is 1. The summed E-state index contributed by atoms with van der Waals surface area (Å²) < 4.78 is 18.9. The van der Waals surface area contributed by atoms with Crippen LogP contribution in [0.25, 0.3) is 10.9 Å². The van der Waals surface area contributed by atoms with E-state index in [4.69, 9.17) is 4.74 Å². The molecule has 0 aliphatic carbocycles. The van der Waals surface area contributed by atoms with Gasteiger partial charge in [0.25, 0.3) is 0 Å². The van der Waals surface area contributed by atoms with Crippen molar-refractivity contribution in [3.8, 4) is 11.6 Å². The van der Waals surface area contributed by atoms with Crippen LogP contribution in [0.4, 0.5) is 10.1 Å². The van der Waals surface area contributed by atoms with Gasteiger partial charge in [0.1, 0.15) is 11.9 Å². The van der Waals surface area contributed by atoms with E-state index in [0.717, 1.165) is 41.9 Å². The van der Waals surface area contributed by atoms with E-state index in [2.05, 4.69) is 14.9 Å². The molecule has 2 aromatic carbocycles. The number of likely N-dealkylation sites (tertiary alicyclic amines) is 1. The molecule has 1 aliphatic rings. The smallest absolute Gasteiger partial charge is 0.198 e. The number of hydrogen-bond donors (Lipinski definition) is 2. The predicted molar refractivity (Wildman–Crippen MR) is 110 cm³/mol. The molecule has 0 spiro atoms. The molecule has 1 fully saturated rings. The Morgan fingerprint density at radius 3 is 2.82 bits per heavy atom. The monoisotopic (exact) mass is 381 g/mol. The average molecular weight is 381 g/mol. The number of aliphatic imine (C=N–C) groups is 1. The molecule has 0 amide bonds. The zero-order valence-electron chi connectivity index (χ0n) is 15.6. The standard InChI is InChI=1S/C22H24FN3O2/c23-16-10-12-26(15-16)11-3-13-28-18-8-6-17(7-9-18)24-14-20-19-4-1-2-5-21(19)25-22(20)27/h1-2,4-9,14,16,25,27H,3,10-13,15H2. The Kier molecular flexibility index (Phi) is 5.58. The number of nitrogens with zero attached hydrogens (tertiary/aromatic N) is 2. The molecule has 6 heteroatoms. The maximum absolute atomic E-state index is 13.1. The Balaban J connectivity index is 1.30. The van der Waals surface area contributed by atoms with Crippen LogP contribution in [0.5, 0.6) is 11.6 Å². The number of benzene rings is 2. The molecule has 1 saturated heterocycles.